The molecule has 15 heavy (non-hydrogen) atoms. The largest absolute Gasteiger partial charge is 0.394 e. The summed E-state index contributed by atoms with van der Waals surface area (Å²) in [5.41, 5.74) is 0. The van der Waals surface area contributed by atoms with Gasteiger partial charge in [0.25, 0.3) is 0 Å². The van der Waals surface area contributed by atoms with E-state index >= 15 is 0 Å². The van der Waals surface area contributed by atoms with Crippen LogP contribution in [0.4, 0.5) is 0 Å². The first-order valence-corrected chi connectivity index (χ1v) is 7.81. The molecule has 0 aliphatic heterocycles. The van der Waals surface area contributed by atoms with Crippen molar-refractivity contribution in [2.75, 3.05) is 0 Å². The predicted molar refractivity (Wildman–Crippen MR) is 68.4 cm³/mol. The molecule has 2 nitrogen and oxygen atoms in total. The fraction of sp³-hybridized carbons (Fsp3) is 0.833. The van der Waals surface area contributed by atoms with Gasteiger partial charge in [0.2, 0.25) is 0 Å². The van der Waals surface area contributed by atoms with E-state index in [-0.39, 0.29) is 0 Å². The van der Waals surface area contributed by atoms with Crippen molar-refractivity contribution in [2.45, 2.75) is 65.2 Å². The average Bonchev–Trinajstić information content (AvgIpc) is 2.25. The van der Waals surface area contributed by atoms with Crippen LogP contribution >= 0.6 is 0 Å². The van der Waals surface area contributed by atoms with E-state index in [0.717, 1.165) is 25.3 Å². The maximum Gasteiger partial charge on any atom is 0.322 e. The van der Waals surface area contributed by atoms with Crippen LogP contribution in [0.1, 0.15) is 47.0 Å². The van der Waals surface area contributed by atoms with E-state index < -0.39 is 9.28 Å². The van der Waals surface area contributed by atoms with Gasteiger partial charge in [-0.1, -0.05) is 19.9 Å². The Balaban J connectivity index is 3.98. The van der Waals surface area contributed by atoms with Crippen molar-refractivity contribution in [3.05, 3.63) is 12.7 Å². The second-order valence-corrected chi connectivity index (χ2v) is 5.99. The molecule has 0 N–H and O–H groups in total. The van der Waals surface area contributed by atoms with Gasteiger partial charge in [0.15, 0.2) is 0 Å². The number of allylic oxidation sites excluding steroid dienone is 1. The molecule has 2 unspecified atom stereocenters. The van der Waals surface area contributed by atoms with Crippen molar-refractivity contribution in [2.24, 2.45) is 0 Å². The summed E-state index contributed by atoms with van der Waals surface area (Å²) in [7, 11) is -1.47. The van der Waals surface area contributed by atoms with Crippen LogP contribution in [0.3, 0.4) is 0 Å². The van der Waals surface area contributed by atoms with E-state index in [1.807, 2.05) is 6.08 Å². The van der Waals surface area contributed by atoms with Gasteiger partial charge >= 0.3 is 9.28 Å². The summed E-state index contributed by atoms with van der Waals surface area (Å²) in [5, 5.41) is 0. The first-order chi connectivity index (χ1) is 7.13. The van der Waals surface area contributed by atoms with Gasteiger partial charge in [0.05, 0.1) is 0 Å². The molecule has 90 valence electrons. The van der Waals surface area contributed by atoms with Gasteiger partial charge in [-0.3, -0.25) is 0 Å². The molecule has 0 saturated heterocycles. The van der Waals surface area contributed by atoms with E-state index in [0.29, 0.717) is 12.2 Å². The lowest BCUT2D eigenvalue weighted by Gasteiger charge is -2.23. The third kappa shape index (κ3) is 7.77. The minimum atomic E-state index is -1.47. The van der Waals surface area contributed by atoms with Crippen LogP contribution < -0.4 is 0 Å². The summed E-state index contributed by atoms with van der Waals surface area (Å²) in [5.74, 6) is 0. The van der Waals surface area contributed by atoms with Gasteiger partial charge in [0, 0.05) is 12.2 Å². The molecule has 0 aromatic heterocycles. The highest BCUT2D eigenvalue weighted by atomic mass is 28.3. The van der Waals surface area contributed by atoms with E-state index in [4.69, 9.17) is 8.85 Å². The molecule has 0 aliphatic carbocycles. The second kappa shape index (κ2) is 9.13. The zero-order valence-corrected chi connectivity index (χ0v) is 11.8. The predicted octanol–water partition coefficient (Wildman–Crippen LogP) is 3.41. The van der Waals surface area contributed by atoms with E-state index in [9.17, 15) is 0 Å². The number of hydrogen-bond acceptors (Lipinski definition) is 2. The SMILES string of the molecule is C=CCC[SiH](OC(C)CC)OC(C)CC. The van der Waals surface area contributed by atoms with Gasteiger partial charge < -0.3 is 8.85 Å². The summed E-state index contributed by atoms with van der Waals surface area (Å²) >= 11 is 0. The lowest BCUT2D eigenvalue weighted by Crippen LogP contribution is -2.30. The monoisotopic (exact) mass is 230 g/mol. The number of hydrogen-bond donors (Lipinski definition) is 0. The minimum Gasteiger partial charge on any atom is -0.394 e. The Morgan fingerprint density at radius 1 is 1.13 bits per heavy atom. The van der Waals surface area contributed by atoms with Crippen LogP contribution in [0.5, 0.6) is 0 Å². The molecule has 3 heteroatoms. The molecule has 0 heterocycles. The summed E-state index contributed by atoms with van der Waals surface area (Å²) in [6.45, 7) is 12.3. The molecule has 0 fully saturated rings. The second-order valence-electron chi connectivity index (χ2n) is 4.01. The Labute approximate surface area is 96.5 Å². The van der Waals surface area contributed by atoms with Crippen LogP contribution in [-0.2, 0) is 8.85 Å². The minimum absolute atomic E-state index is 0.329. The third-order valence-electron chi connectivity index (χ3n) is 2.52. The highest BCUT2D eigenvalue weighted by Crippen LogP contribution is 2.10. The molecule has 0 rings (SSSR count). The lowest BCUT2D eigenvalue weighted by molar-refractivity contribution is 0.111. The Kier molecular flexibility index (Phi) is 9.05. The molecule has 0 saturated carbocycles. The van der Waals surface area contributed by atoms with Crippen molar-refractivity contribution in [1.82, 2.24) is 0 Å². The molecule has 0 amide bonds. The lowest BCUT2D eigenvalue weighted by atomic mass is 10.3. The van der Waals surface area contributed by atoms with Gasteiger partial charge in [-0.05, 0) is 39.2 Å². The van der Waals surface area contributed by atoms with E-state index in [1.54, 1.807) is 0 Å². The quantitative estimate of drug-likeness (QED) is 0.446. The zero-order chi connectivity index (χ0) is 11.7. The van der Waals surface area contributed by atoms with Gasteiger partial charge in [0.1, 0.15) is 0 Å². The Morgan fingerprint density at radius 3 is 1.93 bits per heavy atom. The molecule has 2 atom stereocenters. The fourth-order valence-electron chi connectivity index (χ4n) is 1.13. The summed E-state index contributed by atoms with van der Waals surface area (Å²) in [6, 6.07) is 1.04. The maximum absolute atomic E-state index is 5.94. The summed E-state index contributed by atoms with van der Waals surface area (Å²) in [6.07, 6.45) is 5.72. The smallest absolute Gasteiger partial charge is 0.322 e. The molecule has 0 aromatic carbocycles. The van der Waals surface area contributed by atoms with Crippen molar-refractivity contribution >= 4 is 9.28 Å². The Hall–Kier alpha value is -0.123. The van der Waals surface area contributed by atoms with Crippen LogP contribution in [0.25, 0.3) is 0 Å². The van der Waals surface area contributed by atoms with Gasteiger partial charge in [-0.15, -0.1) is 6.58 Å². The number of rotatable bonds is 9. The van der Waals surface area contributed by atoms with Crippen molar-refractivity contribution < 1.29 is 8.85 Å². The highest BCUT2D eigenvalue weighted by molar-refractivity contribution is 6.44. The topological polar surface area (TPSA) is 18.5 Å². The highest BCUT2D eigenvalue weighted by Gasteiger charge is 2.17. The first kappa shape index (κ1) is 14.9. The van der Waals surface area contributed by atoms with E-state index in [1.165, 1.54) is 0 Å². The van der Waals surface area contributed by atoms with Gasteiger partial charge in [-0.2, -0.15) is 0 Å². The van der Waals surface area contributed by atoms with Crippen molar-refractivity contribution in [1.29, 1.82) is 0 Å². The van der Waals surface area contributed by atoms with Crippen LogP contribution in [0, 0.1) is 0 Å². The Bertz CT molecular complexity index is 150. The first-order valence-electron chi connectivity index (χ1n) is 6.05. The fourth-order valence-corrected chi connectivity index (χ4v) is 3.40. The summed E-state index contributed by atoms with van der Waals surface area (Å²) in [4.78, 5) is 0. The maximum atomic E-state index is 5.94. The molecular weight excluding hydrogens is 204 g/mol. The standard InChI is InChI=1S/C12H26O2Si/c1-6-9-10-15(13-11(4)7-2)14-12(5)8-3/h6,11-12,15H,1,7-10H2,2-5H3. The molecular formula is C12H26O2Si. The van der Waals surface area contributed by atoms with Crippen LogP contribution in [0.2, 0.25) is 6.04 Å². The molecule has 0 spiro atoms. The van der Waals surface area contributed by atoms with Gasteiger partial charge in [-0.25, -0.2) is 0 Å². The van der Waals surface area contributed by atoms with Crippen LogP contribution in [0.15, 0.2) is 12.7 Å². The normalized spacial score (nSPS) is 17.1. The van der Waals surface area contributed by atoms with Crippen molar-refractivity contribution in [3.63, 3.8) is 0 Å². The van der Waals surface area contributed by atoms with Crippen molar-refractivity contribution in [3.8, 4) is 0 Å². The summed E-state index contributed by atoms with van der Waals surface area (Å²) < 4.78 is 11.9. The zero-order valence-electron chi connectivity index (χ0n) is 10.7. The molecule has 0 radical (unpaired) electrons. The third-order valence-corrected chi connectivity index (χ3v) is 4.87. The van der Waals surface area contributed by atoms with Crippen LogP contribution in [-0.4, -0.2) is 21.5 Å². The average molecular weight is 230 g/mol. The molecule has 0 aromatic rings. The Morgan fingerprint density at radius 2 is 1.60 bits per heavy atom. The molecule has 0 bridgehead atoms. The molecule has 0 aliphatic rings. The van der Waals surface area contributed by atoms with E-state index in [2.05, 4.69) is 34.3 Å².